The van der Waals surface area contributed by atoms with Gasteiger partial charge in [0.1, 0.15) is 0 Å². The van der Waals surface area contributed by atoms with E-state index in [0.717, 1.165) is 12.5 Å². The van der Waals surface area contributed by atoms with Crippen LogP contribution in [0, 0.1) is 5.92 Å². The molecule has 1 aliphatic heterocycles. The molecule has 4 nitrogen and oxygen atoms in total. The first-order chi connectivity index (χ1) is 6.84. The van der Waals surface area contributed by atoms with Crippen LogP contribution in [-0.4, -0.2) is 28.0 Å². The molecule has 0 saturated carbocycles. The van der Waals surface area contributed by atoms with Crippen molar-refractivity contribution in [3.05, 3.63) is 12.4 Å². The van der Waals surface area contributed by atoms with E-state index in [2.05, 4.69) is 15.3 Å². The molecule has 2 rings (SSSR count). The number of nitrogen functional groups attached to an aromatic ring is 1. The van der Waals surface area contributed by atoms with E-state index >= 15 is 0 Å². The number of nitrogens with one attached hydrogen (secondary N) is 1. The first-order valence-electron chi connectivity index (χ1n) is 4.74. The molecule has 0 spiro atoms. The molecule has 1 unspecified atom stereocenters. The van der Waals surface area contributed by atoms with Gasteiger partial charge in [-0.15, -0.1) is 0 Å². The minimum atomic E-state index is 0.604. The van der Waals surface area contributed by atoms with E-state index in [9.17, 15) is 0 Å². The molecule has 1 atom stereocenters. The van der Waals surface area contributed by atoms with Crippen LogP contribution in [0.25, 0.3) is 0 Å². The summed E-state index contributed by atoms with van der Waals surface area (Å²) in [5.41, 5.74) is 6.09. The van der Waals surface area contributed by atoms with Gasteiger partial charge in [-0.2, -0.15) is 11.8 Å². The average molecular weight is 210 g/mol. The highest BCUT2D eigenvalue weighted by atomic mass is 32.2. The molecule has 0 bridgehead atoms. The lowest BCUT2D eigenvalue weighted by atomic mass is 10.1. The zero-order chi connectivity index (χ0) is 9.80. The van der Waals surface area contributed by atoms with Crippen molar-refractivity contribution in [2.45, 2.75) is 6.42 Å². The second-order valence-electron chi connectivity index (χ2n) is 3.45. The van der Waals surface area contributed by atoms with Crippen molar-refractivity contribution in [1.29, 1.82) is 0 Å². The zero-order valence-electron chi connectivity index (χ0n) is 7.94. The predicted molar refractivity (Wildman–Crippen MR) is 60.4 cm³/mol. The molecule has 76 valence electrons. The Morgan fingerprint density at radius 1 is 1.50 bits per heavy atom. The van der Waals surface area contributed by atoms with Gasteiger partial charge in [-0.3, -0.25) is 0 Å². The van der Waals surface area contributed by atoms with Crippen LogP contribution in [0.3, 0.4) is 0 Å². The molecule has 0 radical (unpaired) electrons. The summed E-state index contributed by atoms with van der Waals surface area (Å²) in [6.07, 6.45) is 4.55. The maximum absolute atomic E-state index is 5.49. The van der Waals surface area contributed by atoms with Crippen LogP contribution in [0.15, 0.2) is 12.4 Å². The molecule has 0 aliphatic carbocycles. The normalized spacial score (nSPS) is 21.0. The van der Waals surface area contributed by atoms with Crippen molar-refractivity contribution in [3.8, 4) is 0 Å². The van der Waals surface area contributed by atoms with Crippen LogP contribution in [-0.2, 0) is 0 Å². The molecule has 14 heavy (non-hydrogen) atoms. The zero-order valence-corrected chi connectivity index (χ0v) is 8.76. The van der Waals surface area contributed by atoms with Gasteiger partial charge >= 0.3 is 0 Å². The number of nitrogens with two attached hydrogens (primary N) is 1. The molecule has 1 aliphatic rings. The Labute approximate surface area is 87.7 Å². The average Bonchev–Trinajstić information content (AvgIpc) is 2.70. The lowest BCUT2D eigenvalue weighted by Crippen LogP contribution is -2.15. The number of hydrogen-bond donors (Lipinski definition) is 2. The summed E-state index contributed by atoms with van der Waals surface area (Å²) in [7, 11) is 0. The summed E-state index contributed by atoms with van der Waals surface area (Å²) in [6, 6.07) is 0. The Morgan fingerprint density at radius 2 is 2.29 bits per heavy atom. The van der Waals surface area contributed by atoms with Crippen molar-refractivity contribution in [2.75, 3.05) is 29.1 Å². The highest BCUT2D eigenvalue weighted by molar-refractivity contribution is 7.99. The summed E-state index contributed by atoms with van der Waals surface area (Å²) in [5, 5.41) is 3.22. The van der Waals surface area contributed by atoms with Crippen LogP contribution in [0.5, 0.6) is 0 Å². The van der Waals surface area contributed by atoms with Crippen LogP contribution < -0.4 is 11.1 Å². The molecule has 3 N–H and O–H groups in total. The monoisotopic (exact) mass is 210 g/mol. The maximum atomic E-state index is 5.49. The van der Waals surface area contributed by atoms with Gasteiger partial charge in [-0.1, -0.05) is 0 Å². The Bertz CT molecular complexity index is 281. The lowest BCUT2D eigenvalue weighted by Gasteiger charge is -2.09. The molecule has 1 fully saturated rings. The first kappa shape index (κ1) is 9.58. The summed E-state index contributed by atoms with van der Waals surface area (Å²) < 4.78 is 0. The fraction of sp³-hybridized carbons (Fsp3) is 0.556. The Morgan fingerprint density at radius 3 is 2.93 bits per heavy atom. The lowest BCUT2D eigenvalue weighted by molar-refractivity contribution is 0.629. The smallest absolute Gasteiger partial charge is 0.222 e. The third-order valence-electron chi connectivity index (χ3n) is 2.24. The molecule has 1 saturated heterocycles. The quantitative estimate of drug-likeness (QED) is 0.785. The van der Waals surface area contributed by atoms with Crippen molar-refractivity contribution < 1.29 is 0 Å². The third kappa shape index (κ3) is 2.51. The fourth-order valence-corrected chi connectivity index (χ4v) is 2.69. The minimum Gasteiger partial charge on any atom is -0.396 e. The van der Waals surface area contributed by atoms with Gasteiger partial charge in [-0.05, 0) is 23.8 Å². The van der Waals surface area contributed by atoms with E-state index in [4.69, 9.17) is 5.73 Å². The van der Waals surface area contributed by atoms with Gasteiger partial charge in [0.2, 0.25) is 5.95 Å². The molecule has 0 amide bonds. The SMILES string of the molecule is Nc1cnc(NCC2CCSC2)nc1. The second-order valence-corrected chi connectivity index (χ2v) is 4.60. The van der Waals surface area contributed by atoms with Crippen molar-refractivity contribution in [3.63, 3.8) is 0 Å². The van der Waals surface area contributed by atoms with Crippen LogP contribution in [0.1, 0.15) is 6.42 Å². The number of nitrogens with zero attached hydrogens (tertiary/aromatic N) is 2. The second kappa shape index (κ2) is 4.50. The number of rotatable bonds is 3. The molecule has 1 aromatic heterocycles. The molecular weight excluding hydrogens is 196 g/mol. The highest BCUT2D eigenvalue weighted by Crippen LogP contribution is 2.23. The number of thioether (sulfide) groups is 1. The summed E-state index contributed by atoms with van der Waals surface area (Å²) in [5.74, 6) is 3.98. The molecular formula is C9H14N4S. The van der Waals surface area contributed by atoms with Crippen LogP contribution in [0.4, 0.5) is 11.6 Å². The topological polar surface area (TPSA) is 63.8 Å². The molecule has 0 aromatic carbocycles. The Hall–Kier alpha value is -0.970. The highest BCUT2D eigenvalue weighted by Gasteiger charge is 2.14. The molecule has 2 heterocycles. The van der Waals surface area contributed by atoms with E-state index in [-0.39, 0.29) is 0 Å². The van der Waals surface area contributed by atoms with E-state index < -0.39 is 0 Å². The van der Waals surface area contributed by atoms with Crippen molar-refractivity contribution in [2.24, 2.45) is 5.92 Å². The summed E-state index contributed by atoms with van der Waals surface area (Å²) in [6.45, 7) is 0.969. The Kier molecular flexibility index (Phi) is 3.08. The minimum absolute atomic E-state index is 0.604. The van der Waals surface area contributed by atoms with Gasteiger partial charge in [0, 0.05) is 6.54 Å². The van der Waals surface area contributed by atoms with Gasteiger partial charge in [0.05, 0.1) is 18.1 Å². The molecule has 1 aromatic rings. The maximum Gasteiger partial charge on any atom is 0.222 e. The number of hydrogen-bond acceptors (Lipinski definition) is 5. The van der Waals surface area contributed by atoms with Gasteiger partial charge in [-0.25, -0.2) is 9.97 Å². The van der Waals surface area contributed by atoms with Crippen LogP contribution >= 0.6 is 11.8 Å². The number of aromatic nitrogens is 2. The fourth-order valence-electron chi connectivity index (χ4n) is 1.41. The number of anilines is 2. The van der Waals surface area contributed by atoms with Gasteiger partial charge in [0.25, 0.3) is 0 Å². The molecule has 5 heteroatoms. The summed E-state index contributed by atoms with van der Waals surface area (Å²) >= 11 is 2.02. The van der Waals surface area contributed by atoms with Crippen LogP contribution in [0.2, 0.25) is 0 Å². The van der Waals surface area contributed by atoms with Gasteiger partial charge < -0.3 is 11.1 Å². The standard InChI is InChI=1S/C9H14N4S/c10-8-4-12-9(13-5-8)11-3-7-1-2-14-6-7/h4-5,7H,1-3,6,10H2,(H,11,12,13). The summed E-state index contributed by atoms with van der Waals surface area (Å²) in [4.78, 5) is 8.17. The van der Waals surface area contributed by atoms with E-state index in [1.165, 1.54) is 17.9 Å². The van der Waals surface area contributed by atoms with Crippen molar-refractivity contribution >= 4 is 23.4 Å². The largest absolute Gasteiger partial charge is 0.396 e. The third-order valence-corrected chi connectivity index (χ3v) is 3.48. The van der Waals surface area contributed by atoms with E-state index in [1.54, 1.807) is 12.4 Å². The predicted octanol–water partition coefficient (Wildman–Crippen LogP) is 1.22. The first-order valence-corrected chi connectivity index (χ1v) is 5.89. The van der Waals surface area contributed by atoms with E-state index in [1.807, 2.05) is 11.8 Å². The Balaban J connectivity index is 1.82. The van der Waals surface area contributed by atoms with E-state index in [0.29, 0.717) is 11.6 Å². The van der Waals surface area contributed by atoms with Gasteiger partial charge in [0.15, 0.2) is 0 Å². The van der Waals surface area contributed by atoms with Crippen molar-refractivity contribution in [1.82, 2.24) is 9.97 Å².